The summed E-state index contributed by atoms with van der Waals surface area (Å²) in [6.45, 7) is 1.71. The Labute approximate surface area is 176 Å². The predicted octanol–water partition coefficient (Wildman–Crippen LogP) is 3.26. The summed E-state index contributed by atoms with van der Waals surface area (Å²) in [4.78, 5) is 12.4. The maximum Gasteiger partial charge on any atom is 0.240 e. The van der Waals surface area contributed by atoms with Crippen molar-refractivity contribution in [2.75, 3.05) is 13.7 Å². The van der Waals surface area contributed by atoms with Gasteiger partial charge in [-0.2, -0.15) is 0 Å². The van der Waals surface area contributed by atoms with Crippen LogP contribution >= 0.6 is 0 Å². The van der Waals surface area contributed by atoms with Crippen molar-refractivity contribution >= 4 is 15.9 Å². The van der Waals surface area contributed by atoms with Crippen molar-refractivity contribution in [1.82, 2.24) is 10.0 Å². The van der Waals surface area contributed by atoms with Crippen molar-refractivity contribution in [1.29, 1.82) is 0 Å². The van der Waals surface area contributed by atoms with E-state index in [2.05, 4.69) is 10.0 Å². The van der Waals surface area contributed by atoms with E-state index in [1.54, 1.807) is 25.1 Å². The SMILES string of the molecule is COc1ccc(C(C)NC(=O)CCNS(=O)(=O)c2ccc3c(c2)CCCC3)cc1F. The van der Waals surface area contributed by atoms with E-state index in [0.717, 1.165) is 31.2 Å². The van der Waals surface area contributed by atoms with Crippen molar-refractivity contribution in [3.8, 4) is 5.75 Å². The molecule has 30 heavy (non-hydrogen) atoms. The van der Waals surface area contributed by atoms with Crippen LogP contribution in [0.1, 0.15) is 48.9 Å². The van der Waals surface area contributed by atoms with Crippen LogP contribution in [0.2, 0.25) is 0 Å². The first kappa shape index (κ1) is 22.2. The van der Waals surface area contributed by atoms with Crippen molar-refractivity contribution in [3.63, 3.8) is 0 Å². The van der Waals surface area contributed by atoms with Gasteiger partial charge in [0.05, 0.1) is 18.0 Å². The lowest BCUT2D eigenvalue weighted by atomic mass is 9.92. The van der Waals surface area contributed by atoms with Gasteiger partial charge in [-0.1, -0.05) is 12.1 Å². The Morgan fingerprint density at radius 3 is 2.57 bits per heavy atom. The van der Waals surface area contributed by atoms with E-state index >= 15 is 0 Å². The second-order valence-electron chi connectivity index (χ2n) is 7.47. The van der Waals surface area contributed by atoms with Crippen LogP contribution in [-0.2, 0) is 27.7 Å². The first-order chi connectivity index (χ1) is 14.3. The Kier molecular flexibility index (Phi) is 7.10. The zero-order chi connectivity index (χ0) is 21.7. The summed E-state index contributed by atoms with van der Waals surface area (Å²) in [5.74, 6) is -0.699. The van der Waals surface area contributed by atoms with Crippen molar-refractivity contribution < 1.29 is 22.3 Å². The van der Waals surface area contributed by atoms with Crippen LogP contribution in [0.15, 0.2) is 41.3 Å². The summed E-state index contributed by atoms with van der Waals surface area (Å²) in [6, 6.07) is 9.29. The number of hydrogen-bond acceptors (Lipinski definition) is 4. The van der Waals surface area contributed by atoms with Gasteiger partial charge in [0.15, 0.2) is 11.6 Å². The molecule has 8 heteroatoms. The number of amides is 1. The first-order valence-electron chi connectivity index (χ1n) is 10.0. The Balaban J connectivity index is 1.52. The Morgan fingerprint density at radius 2 is 1.87 bits per heavy atom. The maximum atomic E-state index is 13.8. The smallest absolute Gasteiger partial charge is 0.240 e. The number of nitrogens with one attached hydrogen (secondary N) is 2. The molecule has 0 saturated heterocycles. The number of rotatable bonds is 8. The molecule has 0 bridgehead atoms. The standard InChI is InChI=1S/C22H27FN2O4S/c1-15(17-8-10-21(29-2)20(23)14-17)25-22(26)11-12-24-30(27,28)19-9-7-16-5-3-4-6-18(16)13-19/h7-10,13-15,24H,3-6,11-12H2,1-2H3,(H,25,26). The van der Waals surface area contributed by atoms with Gasteiger partial charge >= 0.3 is 0 Å². The lowest BCUT2D eigenvalue weighted by Gasteiger charge is -2.17. The third-order valence-electron chi connectivity index (χ3n) is 5.33. The Hall–Kier alpha value is -2.45. The number of methoxy groups -OCH3 is 1. The molecule has 0 aromatic heterocycles. The van der Waals surface area contributed by atoms with Crippen LogP contribution < -0.4 is 14.8 Å². The van der Waals surface area contributed by atoms with E-state index in [9.17, 15) is 17.6 Å². The molecule has 0 heterocycles. The number of halogens is 1. The number of ether oxygens (including phenoxy) is 1. The van der Waals surface area contributed by atoms with Gasteiger partial charge in [0.2, 0.25) is 15.9 Å². The molecular formula is C22H27FN2O4S. The molecule has 0 fully saturated rings. The molecule has 2 N–H and O–H groups in total. The number of carbonyl (C=O) groups excluding carboxylic acids is 1. The molecule has 1 aliphatic rings. The summed E-state index contributed by atoms with van der Waals surface area (Å²) in [5.41, 5.74) is 2.89. The van der Waals surface area contributed by atoms with Crippen molar-refractivity contribution in [3.05, 3.63) is 58.9 Å². The maximum absolute atomic E-state index is 13.8. The van der Waals surface area contributed by atoms with Crippen LogP contribution in [0.5, 0.6) is 5.75 Å². The minimum Gasteiger partial charge on any atom is -0.494 e. The predicted molar refractivity (Wildman–Crippen MR) is 112 cm³/mol. The summed E-state index contributed by atoms with van der Waals surface area (Å²) < 4.78 is 46.3. The van der Waals surface area contributed by atoms with E-state index in [1.807, 2.05) is 6.07 Å². The van der Waals surface area contributed by atoms with Crippen LogP contribution in [0.4, 0.5) is 4.39 Å². The van der Waals surface area contributed by atoms with Gasteiger partial charge in [-0.25, -0.2) is 17.5 Å². The van der Waals surface area contributed by atoms with Gasteiger partial charge in [-0.15, -0.1) is 0 Å². The zero-order valence-corrected chi connectivity index (χ0v) is 18.0. The van der Waals surface area contributed by atoms with Gasteiger partial charge in [-0.05, 0) is 73.6 Å². The van der Waals surface area contributed by atoms with Crippen molar-refractivity contribution in [2.45, 2.75) is 50.0 Å². The molecule has 2 aromatic rings. The topological polar surface area (TPSA) is 84.5 Å². The molecule has 162 valence electrons. The van der Waals surface area contributed by atoms with E-state index in [0.29, 0.717) is 5.56 Å². The minimum atomic E-state index is -3.68. The number of carbonyl (C=O) groups is 1. The molecule has 0 saturated carbocycles. The normalized spacial score (nSPS) is 14.6. The fourth-order valence-corrected chi connectivity index (χ4v) is 4.69. The molecule has 0 spiro atoms. The zero-order valence-electron chi connectivity index (χ0n) is 17.2. The number of benzene rings is 2. The quantitative estimate of drug-likeness (QED) is 0.668. The second-order valence-corrected chi connectivity index (χ2v) is 9.24. The molecule has 2 aromatic carbocycles. The highest BCUT2D eigenvalue weighted by atomic mass is 32.2. The van der Waals surface area contributed by atoms with Gasteiger partial charge in [-0.3, -0.25) is 4.79 Å². The molecule has 1 aliphatic carbocycles. The summed E-state index contributed by atoms with van der Waals surface area (Å²) in [7, 11) is -2.29. The van der Waals surface area contributed by atoms with E-state index < -0.39 is 21.9 Å². The highest BCUT2D eigenvalue weighted by molar-refractivity contribution is 7.89. The summed E-state index contributed by atoms with van der Waals surface area (Å²) >= 11 is 0. The van der Waals surface area contributed by atoms with Gasteiger partial charge in [0.25, 0.3) is 0 Å². The monoisotopic (exact) mass is 434 g/mol. The highest BCUT2D eigenvalue weighted by Crippen LogP contribution is 2.24. The second kappa shape index (κ2) is 9.57. The molecular weight excluding hydrogens is 407 g/mol. The van der Waals surface area contributed by atoms with E-state index in [4.69, 9.17) is 4.74 Å². The molecule has 3 rings (SSSR count). The largest absolute Gasteiger partial charge is 0.494 e. The van der Waals surface area contributed by atoms with Gasteiger partial charge in [0.1, 0.15) is 0 Å². The van der Waals surface area contributed by atoms with Gasteiger partial charge < -0.3 is 10.1 Å². The molecule has 0 aliphatic heterocycles. The number of hydrogen-bond donors (Lipinski definition) is 2. The number of aryl methyl sites for hydroxylation is 2. The number of sulfonamides is 1. The van der Waals surface area contributed by atoms with E-state index in [1.165, 1.54) is 24.8 Å². The lowest BCUT2D eigenvalue weighted by molar-refractivity contribution is -0.121. The molecule has 1 amide bonds. The third-order valence-corrected chi connectivity index (χ3v) is 6.79. The van der Waals surface area contributed by atoms with E-state index in [-0.39, 0.29) is 29.5 Å². The molecule has 1 unspecified atom stereocenters. The van der Waals surface area contributed by atoms with Crippen LogP contribution in [0.25, 0.3) is 0 Å². The molecule has 1 atom stereocenters. The Bertz CT molecular complexity index is 1020. The average molecular weight is 435 g/mol. The fraction of sp³-hybridized carbons (Fsp3) is 0.409. The summed E-state index contributed by atoms with van der Waals surface area (Å²) in [6.07, 6.45) is 4.06. The van der Waals surface area contributed by atoms with Crippen LogP contribution in [0, 0.1) is 5.82 Å². The van der Waals surface area contributed by atoms with Crippen molar-refractivity contribution in [2.24, 2.45) is 0 Å². The van der Waals surface area contributed by atoms with Crippen LogP contribution in [0.3, 0.4) is 0 Å². The first-order valence-corrected chi connectivity index (χ1v) is 11.5. The van der Waals surface area contributed by atoms with Gasteiger partial charge in [0, 0.05) is 13.0 Å². The minimum absolute atomic E-state index is 0.0189. The highest BCUT2D eigenvalue weighted by Gasteiger charge is 2.18. The Morgan fingerprint density at radius 1 is 1.13 bits per heavy atom. The lowest BCUT2D eigenvalue weighted by Crippen LogP contribution is -2.32. The number of fused-ring (bicyclic) bond motifs is 1. The van der Waals surface area contributed by atoms with Crippen LogP contribution in [-0.4, -0.2) is 28.0 Å². The summed E-state index contributed by atoms with van der Waals surface area (Å²) in [5, 5.41) is 2.75. The molecule has 0 radical (unpaired) electrons. The third kappa shape index (κ3) is 5.37. The molecule has 6 nitrogen and oxygen atoms in total. The average Bonchev–Trinajstić information content (AvgIpc) is 2.73. The fourth-order valence-electron chi connectivity index (χ4n) is 3.61.